The highest BCUT2D eigenvalue weighted by Crippen LogP contribution is 2.21. The predicted molar refractivity (Wildman–Crippen MR) is 75.4 cm³/mol. The number of nitrogens with zero attached hydrogens (tertiary/aromatic N) is 3. The van der Waals surface area contributed by atoms with Crippen molar-refractivity contribution in [2.45, 2.75) is 26.6 Å². The molecule has 6 heteroatoms. The molecule has 0 spiro atoms. The Hall–Kier alpha value is -0.910. The van der Waals surface area contributed by atoms with Crippen LogP contribution in [-0.4, -0.2) is 14.8 Å². The zero-order chi connectivity index (χ0) is 13.0. The van der Waals surface area contributed by atoms with Gasteiger partial charge in [-0.05, 0) is 24.6 Å². The van der Waals surface area contributed by atoms with Crippen LogP contribution in [0.25, 0.3) is 0 Å². The summed E-state index contributed by atoms with van der Waals surface area (Å²) >= 11 is 9.40. The SMILES string of the molecule is CCn1cnnc1CNCc1ccc(Cl)cc1Br. The lowest BCUT2D eigenvalue weighted by Crippen LogP contribution is -2.16. The van der Waals surface area contributed by atoms with Crippen LogP contribution < -0.4 is 5.32 Å². The normalized spacial score (nSPS) is 10.8. The Kier molecular flexibility index (Phi) is 4.74. The van der Waals surface area contributed by atoms with Crippen LogP contribution in [-0.2, 0) is 19.6 Å². The van der Waals surface area contributed by atoms with E-state index in [2.05, 4.69) is 38.4 Å². The van der Waals surface area contributed by atoms with Gasteiger partial charge < -0.3 is 9.88 Å². The van der Waals surface area contributed by atoms with Crippen molar-refractivity contribution in [2.24, 2.45) is 0 Å². The van der Waals surface area contributed by atoms with Crippen LogP contribution in [0.3, 0.4) is 0 Å². The number of benzene rings is 1. The number of hydrogen-bond acceptors (Lipinski definition) is 3. The van der Waals surface area contributed by atoms with Gasteiger partial charge in [0.15, 0.2) is 0 Å². The lowest BCUT2D eigenvalue weighted by atomic mass is 10.2. The highest BCUT2D eigenvalue weighted by Gasteiger charge is 2.04. The molecular formula is C12H14BrClN4. The van der Waals surface area contributed by atoms with Crippen LogP contribution in [0.15, 0.2) is 29.0 Å². The fourth-order valence-electron chi connectivity index (χ4n) is 1.65. The molecule has 4 nitrogen and oxygen atoms in total. The fourth-order valence-corrected chi connectivity index (χ4v) is 2.48. The van der Waals surface area contributed by atoms with Gasteiger partial charge in [0.2, 0.25) is 0 Å². The third-order valence-electron chi connectivity index (χ3n) is 2.65. The van der Waals surface area contributed by atoms with Crippen molar-refractivity contribution >= 4 is 27.5 Å². The second kappa shape index (κ2) is 6.31. The summed E-state index contributed by atoms with van der Waals surface area (Å²) in [6, 6.07) is 5.79. The van der Waals surface area contributed by atoms with Crippen molar-refractivity contribution in [3.05, 3.63) is 45.4 Å². The highest BCUT2D eigenvalue weighted by atomic mass is 79.9. The average Bonchev–Trinajstić information content (AvgIpc) is 2.79. The molecule has 2 aromatic rings. The van der Waals surface area contributed by atoms with Gasteiger partial charge in [0, 0.05) is 22.6 Å². The molecule has 0 fully saturated rings. The predicted octanol–water partition coefficient (Wildman–Crippen LogP) is 3.00. The van der Waals surface area contributed by atoms with Gasteiger partial charge in [-0.25, -0.2) is 0 Å². The van der Waals surface area contributed by atoms with Crippen LogP contribution >= 0.6 is 27.5 Å². The van der Waals surface area contributed by atoms with Gasteiger partial charge in [-0.15, -0.1) is 10.2 Å². The maximum Gasteiger partial charge on any atom is 0.146 e. The minimum absolute atomic E-state index is 0.697. The molecule has 0 aliphatic carbocycles. The van der Waals surface area contributed by atoms with Crippen LogP contribution in [0.4, 0.5) is 0 Å². The molecule has 0 aliphatic heterocycles. The Labute approximate surface area is 119 Å². The summed E-state index contributed by atoms with van der Waals surface area (Å²) in [7, 11) is 0. The van der Waals surface area contributed by atoms with E-state index in [0.29, 0.717) is 6.54 Å². The lowest BCUT2D eigenvalue weighted by molar-refractivity contribution is 0.611. The molecule has 0 saturated heterocycles. The van der Waals surface area contributed by atoms with Crippen molar-refractivity contribution < 1.29 is 0 Å². The van der Waals surface area contributed by atoms with E-state index in [-0.39, 0.29) is 0 Å². The summed E-state index contributed by atoms with van der Waals surface area (Å²) in [5.74, 6) is 0.947. The number of nitrogens with one attached hydrogen (secondary N) is 1. The monoisotopic (exact) mass is 328 g/mol. The first-order valence-electron chi connectivity index (χ1n) is 5.72. The van der Waals surface area contributed by atoms with Crippen LogP contribution in [0.5, 0.6) is 0 Å². The first-order chi connectivity index (χ1) is 8.70. The standard InChI is InChI=1S/C12H14BrClN4/c1-2-18-8-16-17-12(18)7-15-6-9-3-4-10(14)5-11(9)13/h3-5,8,15H,2,6-7H2,1H3. The fraction of sp³-hybridized carbons (Fsp3) is 0.333. The van der Waals surface area contributed by atoms with Gasteiger partial charge in [0.05, 0.1) is 6.54 Å². The Balaban J connectivity index is 1.92. The zero-order valence-corrected chi connectivity index (χ0v) is 12.4. The van der Waals surface area contributed by atoms with Gasteiger partial charge in [-0.2, -0.15) is 0 Å². The van der Waals surface area contributed by atoms with E-state index in [1.165, 1.54) is 5.56 Å². The van der Waals surface area contributed by atoms with E-state index in [9.17, 15) is 0 Å². The van der Waals surface area contributed by atoms with Crippen molar-refractivity contribution in [2.75, 3.05) is 0 Å². The van der Waals surface area contributed by atoms with Crippen LogP contribution in [0.2, 0.25) is 5.02 Å². The number of aryl methyl sites for hydroxylation is 1. The summed E-state index contributed by atoms with van der Waals surface area (Å²) in [5, 5.41) is 12.0. The summed E-state index contributed by atoms with van der Waals surface area (Å²) in [4.78, 5) is 0. The number of aromatic nitrogens is 3. The molecule has 0 bridgehead atoms. The first-order valence-corrected chi connectivity index (χ1v) is 6.89. The second-order valence-corrected chi connectivity index (χ2v) is 5.16. The molecule has 1 heterocycles. The minimum Gasteiger partial charge on any atom is -0.317 e. The quantitative estimate of drug-likeness (QED) is 0.917. The number of halogens is 2. The summed E-state index contributed by atoms with van der Waals surface area (Å²) in [6.45, 7) is 4.41. The maximum atomic E-state index is 5.90. The third-order valence-corrected chi connectivity index (χ3v) is 3.62. The third kappa shape index (κ3) is 3.31. The molecule has 1 N–H and O–H groups in total. The Morgan fingerprint density at radius 2 is 2.22 bits per heavy atom. The van der Waals surface area contributed by atoms with Crippen molar-refractivity contribution in [3.8, 4) is 0 Å². The van der Waals surface area contributed by atoms with E-state index in [4.69, 9.17) is 11.6 Å². The Bertz CT molecular complexity index is 527. The lowest BCUT2D eigenvalue weighted by Gasteiger charge is -2.07. The number of rotatable bonds is 5. The van der Waals surface area contributed by atoms with Gasteiger partial charge in [0.25, 0.3) is 0 Å². The zero-order valence-electron chi connectivity index (χ0n) is 10.0. The molecule has 0 radical (unpaired) electrons. The molecule has 2 rings (SSSR count). The van der Waals surface area contributed by atoms with Gasteiger partial charge in [-0.3, -0.25) is 0 Å². The van der Waals surface area contributed by atoms with E-state index < -0.39 is 0 Å². The van der Waals surface area contributed by atoms with Crippen molar-refractivity contribution in [1.82, 2.24) is 20.1 Å². The van der Waals surface area contributed by atoms with Crippen LogP contribution in [0, 0.1) is 0 Å². The van der Waals surface area contributed by atoms with E-state index in [1.54, 1.807) is 6.33 Å². The molecule has 0 amide bonds. The van der Waals surface area contributed by atoms with E-state index in [0.717, 1.165) is 28.4 Å². The molecule has 96 valence electrons. The second-order valence-electron chi connectivity index (χ2n) is 3.87. The largest absolute Gasteiger partial charge is 0.317 e. The summed E-state index contributed by atoms with van der Waals surface area (Å²) in [6.07, 6.45) is 1.75. The Morgan fingerprint density at radius 3 is 2.94 bits per heavy atom. The maximum absolute atomic E-state index is 5.90. The van der Waals surface area contributed by atoms with Gasteiger partial charge >= 0.3 is 0 Å². The van der Waals surface area contributed by atoms with E-state index >= 15 is 0 Å². The topological polar surface area (TPSA) is 42.7 Å². The molecule has 0 saturated carbocycles. The smallest absolute Gasteiger partial charge is 0.146 e. The molecule has 0 unspecified atom stereocenters. The molecule has 18 heavy (non-hydrogen) atoms. The van der Waals surface area contributed by atoms with Crippen molar-refractivity contribution in [3.63, 3.8) is 0 Å². The van der Waals surface area contributed by atoms with Gasteiger partial charge in [-0.1, -0.05) is 33.6 Å². The first kappa shape index (κ1) is 13.5. The molecule has 1 aromatic carbocycles. The molecular weight excluding hydrogens is 316 g/mol. The summed E-state index contributed by atoms with van der Waals surface area (Å²) < 4.78 is 3.03. The summed E-state index contributed by atoms with van der Waals surface area (Å²) in [5.41, 5.74) is 1.17. The number of hydrogen-bond donors (Lipinski definition) is 1. The average molecular weight is 330 g/mol. The highest BCUT2D eigenvalue weighted by molar-refractivity contribution is 9.10. The molecule has 0 atom stereocenters. The molecule has 1 aromatic heterocycles. The Morgan fingerprint density at radius 1 is 1.39 bits per heavy atom. The van der Waals surface area contributed by atoms with E-state index in [1.807, 2.05) is 22.8 Å². The minimum atomic E-state index is 0.697. The van der Waals surface area contributed by atoms with Crippen molar-refractivity contribution in [1.29, 1.82) is 0 Å². The van der Waals surface area contributed by atoms with Crippen LogP contribution in [0.1, 0.15) is 18.3 Å². The van der Waals surface area contributed by atoms with Gasteiger partial charge in [0.1, 0.15) is 12.2 Å². The molecule has 0 aliphatic rings.